The lowest BCUT2D eigenvalue weighted by molar-refractivity contribution is -0.130. The first-order valence-electron chi connectivity index (χ1n) is 8.73. The van der Waals surface area contributed by atoms with Gasteiger partial charge in [0.2, 0.25) is 0 Å². The fourth-order valence-corrected chi connectivity index (χ4v) is 3.70. The van der Waals surface area contributed by atoms with Crippen molar-refractivity contribution in [3.8, 4) is 5.69 Å². The number of aromatic nitrogens is 2. The van der Waals surface area contributed by atoms with Crippen LogP contribution >= 0.6 is 11.3 Å². The summed E-state index contributed by atoms with van der Waals surface area (Å²) in [7, 11) is 0. The number of amides is 1. The van der Waals surface area contributed by atoms with Crippen LogP contribution in [-0.4, -0.2) is 33.3 Å². The fraction of sp³-hybridized carbons (Fsp3) is 0.350. The number of rotatable bonds is 4. The minimum Gasteiger partial charge on any atom is -0.448 e. The number of nitrogens with one attached hydrogen (secondary N) is 1. The Morgan fingerprint density at radius 2 is 1.89 bits per heavy atom. The van der Waals surface area contributed by atoms with E-state index in [0.29, 0.717) is 4.88 Å². The Hall–Kier alpha value is -2.67. The van der Waals surface area contributed by atoms with Gasteiger partial charge in [-0.2, -0.15) is 5.10 Å². The molecule has 0 aliphatic heterocycles. The van der Waals surface area contributed by atoms with Crippen LogP contribution < -0.4 is 5.32 Å². The van der Waals surface area contributed by atoms with Crippen molar-refractivity contribution in [2.24, 2.45) is 0 Å². The number of hydrogen-bond acceptors (Lipinski definition) is 5. The molecule has 0 fully saturated rings. The van der Waals surface area contributed by atoms with Crippen molar-refractivity contribution in [1.82, 2.24) is 15.1 Å². The number of aryl methyl sites for hydroxylation is 1. The first-order valence-corrected chi connectivity index (χ1v) is 9.55. The maximum Gasteiger partial charge on any atom is 0.349 e. The minimum absolute atomic E-state index is 0.316. The molecule has 142 valence electrons. The number of nitrogens with zero attached hydrogens (tertiary/aromatic N) is 2. The average molecular weight is 385 g/mol. The Balaban J connectivity index is 1.83. The van der Waals surface area contributed by atoms with Gasteiger partial charge in [0.15, 0.2) is 6.10 Å². The van der Waals surface area contributed by atoms with E-state index in [4.69, 9.17) is 4.74 Å². The number of esters is 1. The summed E-state index contributed by atoms with van der Waals surface area (Å²) in [6.07, 6.45) is -0.867. The third kappa shape index (κ3) is 4.19. The SMILES string of the molecule is Cc1nn(-c2ccccc2)c2sc(C(=O)OC(C)C(=O)NC(C)(C)C)cc12. The number of benzene rings is 1. The van der Waals surface area contributed by atoms with Crippen LogP contribution in [-0.2, 0) is 9.53 Å². The molecule has 6 nitrogen and oxygen atoms in total. The van der Waals surface area contributed by atoms with Gasteiger partial charge in [-0.3, -0.25) is 4.79 Å². The van der Waals surface area contributed by atoms with Gasteiger partial charge in [-0.05, 0) is 52.8 Å². The largest absolute Gasteiger partial charge is 0.448 e. The molecule has 1 N–H and O–H groups in total. The van der Waals surface area contributed by atoms with E-state index in [9.17, 15) is 9.59 Å². The molecule has 1 unspecified atom stereocenters. The van der Waals surface area contributed by atoms with Crippen molar-refractivity contribution in [3.05, 3.63) is 47.0 Å². The van der Waals surface area contributed by atoms with Crippen LogP contribution in [0.3, 0.4) is 0 Å². The minimum atomic E-state index is -0.867. The molecule has 0 aliphatic carbocycles. The number of fused-ring (bicyclic) bond motifs is 1. The van der Waals surface area contributed by atoms with Crippen LogP contribution in [0.25, 0.3) is 15.9 Å². The van der Waals surface area contributed by atoms with E-state index in [0.717, 1.165) is 21.6 Å². The summed E-state index contributed by atoms with van der Waals surface area (Å²) in [6.45, 7) is 9.11. The van der Waals surface area contributed by atoms with Crippen molar-refractivity contribution in [3.63, 3.8) is 0 Å². The van der Waals surface area contributed by atoms with Crippen molar-refractivity contribution in [2.45, 2.75) is 46.3 Å². The fourth-order valence-electron chi connectivity index (χ4n) is 2.64. The predicted molar refractivity (Wildman–Crippen MR) is 106 cm³/mol. The highest BCUT2D eigenvalue weighted by atomic mass is 32.1. The molecule has 1 aromatic carbocycles. The molecule has 3 rings (SSSR count). The molecule has 2 heterocycles. The van der Waals surface area contributed by atoms with E-state index in [-0.39, 0.29) is 11.4 Å². The lowest BCUT2D eigenvalue weighted by Gasteiger charge is -2.23. The molecular formula is C20H23N3O3S. The number of hydrogen-bond donors (Lipinski definition) is 1. The predicted octanol–water partition coefficient (Wildman–Crippen LogP) is 3.86. The van der Waals surface area contributed by atoms with E-state index < -0.39 is 12.1 Å². The third-order valence-corrected chi connectivity index (χ3v) is 4.99. The lowest BCUT2D eigenvalue weighted by atomic mass is 10.1. The van der Waals surface area contributed by atoms with Gasteiger partial charge in [0, 0.05) is 10.9 Å². The van der Waals surface area contributed by atoms with Crippen LogP contribution in [0, 0.1) is 6.92 Å². The Morgan fingerprint density at radius 3 is 2.52 bits per heavy atom. The monoisotopic (exact) mass is 385 g/mol. The molecule has 1 amide bonds. The van der Waals surface area contributed by atoms with Crippen LogP contribution in [0.4, 0.5) is 0 Å². The Kier molecular flexibility index (Phi) is 5.06. The van der Waals surface area contributed by atoms with Gasteiger partial charge in [0.05, 0.1) is 11.4 Å². The molecule has 0 bridgehead atoms. The zero-order valence-corrected chi connectivity index (χ0v) is 16.9. The van der Waals surface area contributed by atoms with Gasteiger partial charge >= 0.3 is 5.97 Å². The first-order chi connectivity index (χ1) is 12.7. The van der Waals surface area contributed by atoms with Crippen LogP contribution in [0.2, 0.25) is 0 Å². The summed E-state index contributed by atoms with van der Waals surface area (Å²) < 4.78 is 7.18. The van der Waals surface area contributed by atoms with Crippen molar-refractivity contribution in [2.75, 3.05) is 0 Å². The standard InChI is InChI=1S/C20H23N3O3S/c1-12-15-11-16(19(25)26-13(2)17(24)21-20(3,4)5)27-18(15)23(22-12)14-9-7-6-8-10-14/h6-11,13H,1-5H3,(H,21,24). The molecule has 0 saturated carbocycles. The number of thiophene rings is 1. The topological polar surface area (TPSA) is 73.2 Å². The Morgan fingerprint density at radius 1 is 1.22 bits per heavy atom. The van der Waals surface area contributed by atoms with Gasteiger partial charge in [0.1, 0.15) is 9.71 Å². The molecule has 0 radical (unpaired) electrons. The van der Waals surface area contributed by atoms with Crippen LogP contribution in [0.5, 0.6) is 0 Å². The normalized spacial score (nSPS) is 12.8. The molecule has 3 aromatic rings. The van der Waals surface area contributed by atoms with Gasteiger partial charge in [-0.25, -0.2) is 9.48 Å². The quantitative estimate of drug-likeness (QED) is 0.692. The molecule has 0 aliphatic rings. The molecule has 27 heavy (non-hydrogen) atoms. The summed E-state index contributed by atoms with van der Waals surface area (Å²) in [6, 6.07) is 11.5. The van der Waals surface area contributed by atoms with Gasteiger partial charge in [-0.1, -0.05) is 18.2 Å². The van der Waals surface area contributed by atoms with Crippen LogP contribution in [0.15, 0.2) is 36.4 Å². The van der Waals surface area contributed by atoms with Crippen molar-refractivity contribution >= 4 is 33.4 Å². The first kappa shape index (κ1) is 19.1. The van der Waals surface area contributed by atoms with Gasteiger partial charge in [-0.15, -0.1) is 11.3 Å². The maximum absolute atomic E-state index is 12.5. The number of carbonyl (C=O) groups is 2. The highest BCUT2D eigenvalue weighted by molar-refractivity contribution is 7.20. The highest BCUT2D eigenvalue weighted by Gasteiger charge is 2.25. The summed E-state index contributed by atoms with van der Waals surface area (Å²) in [5.74, 6) is -0.824. The molecule has 2 aromatic heterocycles. The summed E-state index contributed by atoms with van der Waals surface area (Å²) in [5, 5.41) is 8.28. The average Bonchev–Trinajstić information content (AvgIpc) is 3.15. The molecule has 7 heteroatoms. The lowest BCUT2D eigenvalue weighted by Crippen LogP contribution is -2.46. The summed E-state index contributed by atoms with van der Waals surface area (Å²) >= 11 is 1.31. The highest BCUT2D eigenvalue weighted by Crippen LogP contribution is 2.31. The summed E-state index contributed by atoms with van der Waals surface area (Å²) in [4.78, 5) is 26.0. The zero-order chi connectivity index (χ0) is 19.8. The van der Waals surface area contributed by atoms with E-state index in [1.807, 2.05) is 62.7 Å². The van der Waals surface area contributed by atoms with Crippen molar-refractivity contribution in [1.29, 1.82) is 0 Å². The summed E-state index contributed by atoms with van der Waals surface area (Å²) in [5.41, 5.74) is 1.38. The van der Waals surface area contributed by atoms with Gasteiger partial charge in [0.25, 0.3) is 5.91 Å². The number of carbonyl (C=O) groups excluding carboxylic acids is 2. The second kappa shape index (κ2) is 7.15. The molecule has 0 spiro atoms. The third-order valence-electron chi connectivity index (χ3n) is 3.90. The molecule has 1 atom stereocenters. The maximum atomic E-state index is 12.5. The van der Waals surface area contributed by atoms with Crippen molar-refractivity contribution < 1.29 is 14.3 Å². The van der Waals surface area contributed by atoms with E-state index in [2.05, 4.69) is 10.4 Å². The van der Waals surface area contributed by atoms with Gasteiger partial charge < -0.3 is 10.1 Å². The molecule has 0 saturated heterocycles. The zero-order valence-electron chi connectivity index (χ0n) is 16.1. The smallest absolute Gasteiger partial charge is 0.349 e. The number of ether oxygens (including phenoxy) is 1. The van der Waals surface area contributed by atoms with E-state index in [1.54, 1.807) is 13.0 Å². The second-order valence-electron chi connectivity index (χ2n) is 7.45. The second-order valence-corrected chi connectivity index (χ2v) is 8.48. The van der Waals surface area contributed by atoms with E-state index >= 15 is 0 Å². The van der Waals surface area contributed by atoms with E-state index in [1.165, 1.54) is 11.3 Å². The molecular weight excluding hydrogens is 362 g/mol. The number of para-hydroxylation sites is 1. The van der Waals surface area contributed by atoms with Crippen LogP contribution in [0.1, 0.15) is 43.1 Å². The Labute approximate surface area is 162 Å². The Bertz CT molecular complexity index is 983.